The summed E-state index contributed by atoms with van der Waals surface area (Å²) >= 11 is 0. The topological polar surface area (TPSA) is 52.6 Å². The first kappa shape index (κ1) is 25.1. The van der Waals surface area contributed by atoms with E-state index < -0.39 is 25.3 Å². The van der Waals surface area contributed by atoms with Gasteiger partial charge in [0.15, 0.2) is 5.41 Å². The Balaban J connectivity index is 1.57. The summed E-state index contributed by atoms with van der Waals surface area (Å²) in [6.45, 7) is 4.20. The van der Waals surface area contributed by atoms with Gasteiger partial charge in [0.05, 0.1) is 14.2 Å². The molecule has 0 amide bonds. The molecule has 3 aromatic rings. The van der Waals surface area contributed by atoms with Crippen molar-refractivity contribution >= 4 is 30.5 Å². The molecular weight excluding hydrogens is 455 g/mol. The largest absolute Gasteiger partial charge is 0.468 e. The van der Waals surface area contributed by atoms with Gasteiger partial charge in [-0.2, -0.15) is 0 Å². The maximum absolute atomic E-state index is 12.7. The molecule has 0 saturated heterocycles. The number of ether oxygens (including phenoxy) is 2. The van der Waals surface area contributed by atoms with Gasteiger partial charge >= 0.3 is 11.9 Å². The van der Waals surface area contributed by atoms with Crippen molar-refractivity contribution < 1.29 is 19.1 Å². The number of hydrogen-bond donors (Lipinski definition) is 0. The van der Waals surface area contributed by atoms with E-state index in [1.165, 1.54) is 36.0 Å². The van der Waals surface area contributed by atoms with Crippen LogP contribution in [0.2, 0.25) is 0 Å². The van der Waals surface area contributed by atoms with Crippen LogP contribution in [0.1, 0.15) is 34.2 Å². The first-order valence-electron chi connectivity index (χ1n) is 12.1. The molecule has 182 valence electrons. The molecule has 0 aromatic heterocycles. The first-order chi connectivity index (χ1) is 16.9. The standard InChI is InChI=1S/C30H33O4P/c1-21-18-23(22(2)27-20-30(19-26(21)27,28(31)33-3)29(32)34-4)12-11-17-35(24-13-7-5-8-14-24)25-15-9-6-10-16-25/h5-10,13-16,18H,11-12,17,19-20H2,1-4H3. The summed E-state index contributed by atoms with van der Waals surface area (Å²) < 4.78 is 10.1. The number of methoxy groups -OCH3 is 2. The lowest BCUT2D eigenvalue weighted by atomic mass is 9.84. The van der Waals surface area contributed by atoms with Crippen molar-refractivity contribution in [2.45, 2.75) is 39.5 Å². The Morgan fingerprint density at radius 3 is 1.86 bits per heavy atom. The van der Waals surface area contributed by atoms with E-state index in [1.807, 2.05) is 0 Å². The summed E-state index contributed by atoms with van der Waals surface area (Å²) in [5.74, 6) is -1.03. The maximum atomic E-state index is 12.7. The van der Waals surface area contributed by atoms with Crippen LogP contribution >= 0.6 is 7.92 Å². The summed E-state index contributed by atoms with van der Waals surface area (Å²) in [6, 6.07) is 23.8. The average Bonchev–Trinajstić information content (AvgIpc) is 3.32. The molecule has 35 heavy (non-hydrogen) atoms. The monoisotopic (exact) mass is 488 g/mol. The van der Waals surface area contributed by atoms with Crippen molar-refractivity contribution in [2.24, 2.45) is 5.41 Å². The zero-order valence-corrected chi connectivity index (χ0v) is 21.9. The van der Waals surface area contributed by atoms with Crippen LogP contribution in [0.3, 0.4) is 0 Å². The molecule has 3 aromatic carbocycles. The Kier molecular flexibility index (Phi) is 7.72. The molecular formula is C30H33O4P. The number of carbonyl (C=O) groups is 2. The highest BCUT2D eigenvalue weighted by Gasteiger charge is 2.53. The molecule has 0 radical (unpaired) electrons. The fraction of sp³-hybridized carbons (Fsp3) is 0.333. The van der Waals surface area contributed by atoms with Gasteiger partial charge in [-0.3, -0.25) is 9.59 Å². The summed E-state index contributed by atoms with van der Waals surface area (Å²) in [7, 11) is 2.24. The average molecular weight is 489 g/mol. The second kappa shape index (κ2) is 10.7. The molecule has 0 spiro atoms. The Bertz CT molecular complexity index is 1150. The van der Waals surface area contributed by atoms with Crippen LogP contribution in [0.4, 0.5) is 0 Å². The van der Waals surface area contributed by atoms with Crippen LogP contribution in [0, 0.1) is 19.3 Å². The highest BCUT2D eigenvalue weighted by atomic mass is 31.1. The molecule has 0 aliphatic heterocycles. The van der Waals surface area contributed by atoms with Crippen molar-refractivity contribution in [2.75, 3.05) is 20.4 Å². The summed E-state index contributed by atoms with van der Waals surface area (Å²) in [6.07, 6.45) is 3.80. The van der Waals surface area contributed by atoms with Gasteiger partial charge in [0.1, 0.15) is 0 Å². The normalized spacial score (nSPS) is 14.0. The molecule has 0 N–H and O–H groups in total. The summed E-state index contributed by atoms with van der Waals surface area (Å²) in [5.41, 5.74) is 4.51. The number of hydrogen-bond acceptors (Lipinski definition) is 4. The lowest BCUT2D eigenvalue weighted by molar-refractivity contribution is -0.168. The minimum atomic E-state index is -1.28. The molecule has 0 atom stereocenters. The van der Waals surface area contributed by atoms with Crippen molar-refractivity contribution in [3.05, 3.63) is 94.5 Å². The van der Waals surface area contributed by atoms with E-state index >= 15 is 0 Å². The van der Waals surface area contributed by atoms with Crippen LogP contribution < -0.4 is 10.6 Å². The van der Waals surface area contributed by atoms with Crippen LogP contribution in [0.15, 0.2) is 66.7 Å². The zero-order valence-electron chi connectivity index (χ0n) is 21.0. The van der Waals surface area contributed by atoms with Crippen LogP contribution in [-0.4, -0.2) is 32.3 Å². The molecule has 0 fully saturated rings. The minimum Gasteiger partial charge on any atom is -0.468 e. The molecule has 0 unspecified atom stereocenters. The van der Waals surface area contributed by atoms with E-state index in [4.69, 9.17) is 9.47 Å². The van der Waals surface area contributed by atoms with Gasteiger partial charge in [-0.05, 0) is 79.2 Å². The predicted molar refractivity (Wildman–Crippen MR) is 142 cm³/mol. The lowest BCUT2D eigenvalue weighted by Crippen LogP contribution is -2.42. The van der Waals surface area contributed by atoms with Gasteiger partial charge in [-0.25, -0.2) is 0 Å². The third kappa shape index (κ3) is 4.90. The zero-order chi connectivity index (χ0) is 25.0. The molecule has 1 aliphatic carbocycles. The SMILES string of the molecule is COC(=O)C1(C(=O)OC)Cc2c(C)cc(CCCP(c3ccccc3)c3ccccc3)c(C)c2C1. The second-order valence-corrected chi connectivity index (χ2v) is 11.6. The van der Waals surface area contributed by atoms with Crippen molar-refractivity contribution in [1.29, 1.82) is 0 Å². The minimum absolute atomic E-state index is 0.335. The Morgan fingerprint density at radius 1 is 0.829 bits per heavy atom. The number of benzene rings is 3. The van der Waals surface area contributed by atoms with E-state index in [2.05, 4.69) is 80.6 Å². The number of esters is 2. The van der Waals surface area contributed by atoms with E-state index in [-0.39, 0.29) is 0 Å². The molecule has 4 rings (SSSR count). The van der Waals surface area contributed by atoms with Crippen molar-refractivity contribution in [3.8, 4) is 0 Å². The van der Waals surface area contributed by atoms with Gasteiger partial charge in [-0.15, -0.1) is 0 Å². The molecule has 0 bridgehead atoms. The molecule has 1 aliphatic rings. The number of rotatable bonds is 8. The van der Waals surface area contributed by atoms with Gasteiger partial charge < -0.3 is 9.47 Å². The molecule has 4 nitrogen and oxygen atoms in total. The highest BCUT2D eigenvalue weighted by molar-refractivity contribution is 7.73. The van der Waals surface area contributed by atoms with Gasteiger partial charge in [0.25, 0.3) is 0 Å². The fourth-order valence-electron chi connectivity index (χ4n) is 5.34. The maximum Gasteiger partial charge on any atom is 0.323 e. The third-order valence-electron chi connectivity index (χ3n) is 7.24. The number of carbonyl (C=O) groups excluding carboxylic acids is 2. The quantitative estimate of drug-likeness (QED) is 0.260. The van der Waals surface area contributed by atoms with Crippen molar-refractivity contribution in [1.82, 2.24) is 0 Å². The molecule has 0 heterocycles. The van der Waals surface area contributed by atoms with Crippen LogP contribution in [-0.2, 0) is 38.3 Å². The van der Waals surface area contributed by atoms with E-state index in [1.54, 1.807) is 0 Å². The summed E-state index contributed by atoms with van der Waals surface area (Å²) in [5, 5.41) is 2.80. The Hall–Kier alpha value is -2.97. The van der Waals surface area contributed by atoms with E-state index in [9.17, 15) is 9.59 Å². The number of aryl methyl sites for hydroxylation is 2. The predicted octanol–water partition coefficient (Wildman–Crippen LogP) is 4.80. The Labute approximate surface area is 209 Å². The third-order valence-corrected chi connectivity index (χ3v) is 9.84. The van der Waals surface area contributed by atoms with Gasteiger partial charge in [-0.1, -0.05) is 66.7 Å². The van der Waals surface area contributed by atoms with Crippen molar-refractivity contribution in [3.63, 3.8) is 0 Å². The van der Waals surface area contributed by atoms with E-state index in [0.717, 1.165) is 35.7 Å². The Morgan fingerprint density at radius 2 is 1.34 bits per heavy atom. The lowest BCUT2D eigenvalue weighted by Gasteiger charge is -2.22. The van der Waals surface area contributed by atoms with Crippen LogP contribution in [0.5, 0.6) is 0 Å². The fourth-order valence-corrected chi connectivity index (χ4v) is 7.69. The van der Waals surface area contributed by atoms with Gasteiger partial charge in [0.2, 0.25) is 0 Å². The molecule has 0 saturated carbocycles. The first-order valence-corrected chi connectivity index (χ1v) is 13.6. The van der Waals surface area contributed by atoms with Gasteiger partial charge in [0, 0.05) is 12.8 Å². The second-order valence-electron chi connectivity index (χ2n) is 9.28. The van der Waals surface area contributed by atoms with E-state index in [0.29, 0.717) is 12.8 Å². The highest BCUT2D eigenvalue weighted by Crippen LogP contribution is 2.43. The number of fused-ring (bicyclic) bond motifs is 1. The summed E-state index contributed by atoms with van der Waals surface area (Å²) in [4.78, 5) is 25.4. The molecule has 5 heteroatoms. The van der Waals surface area contributed by atoms with Crippen LogP contribution in [0.25, 0.3) is 0 Å². The smallest absolute Gasteiger partial charge is 0.323 e.